The van der Waals surface area contributed by atoms with E-state index < -0.39 is 28.5 Å². The van der Waals surface area contributed by atoms with E-state index in [1.54, 1.807) is 0 Å². The number of hydrogen-bond acceptors (Lipinski definition) is 6. The molecule has 0 spiro atoms. The summed E-state index contributed by atoms with van der Waals surface area (Å²) in [6, 6.07) is 28.9. The molecule has 48 heavy (non-hydrogen) atoms. The largest absolute Gasteiger partial charge is 0.488 e. The standard InChI is InChI=1S/C38H49NO6SSi2/c1-26(45-47(8,9)37(2,3)4)32-34(40)39-33(36(41)42)31(46-35(32)39)25-43-28-22-20-27(21-23-28)24-44-48(38(5,6)7,29-16-12-10-13-17-29)30-18-14-11-15-19-30/h10-23,26,32,35H,24-25H2,1-9H3,(H,41,42)/t26-,32+,35-/m1/s1. The van der Waals surface area contributed by atoms with Crippen LogP contribution in [-0.4, -0.2) is 56.6 Å². The molecule has 1 saturated heterocycles. The quantitative estimate of drug-likeness (QED) is 0.156. The first-order chi connectivity index (χ1) is 22.5. The van der Waals surface area contributed by atoms with Gasteiger partial charge in [0.2, 0.25) is 5.91 Å². The van der Waals surface area contributed by atoms with Crippen LogP contribution in [0.25, 0.3) is 0 Å². The maximum Gasteiger partial charge on any atom is 0.353 e. The summed E-state index contributed by atoms with van der Waals surface area (Å²) < 4.78 is 19.7. The first-order valence-corrected chi connectivity index (χ1v) is 22.3. The minimum absolute atomic E-state index is 0.00313. The fraction of sp³-hybridized carbons (Fsp3) is 0.421. The van der Waals surface area contributed by atoms with Crippen molar-refractivity contribution in [3.05, 3.63) is 101 Å². The zero-order valence-corrected chi connectivity index (χ0v) is 32.4. The Hall–Kier alpha value is -3.16. The Morgan fingerprint density at radius 1 is 0.854 bits per heavy atom. The predicted octanol–water partition coefficient (Wildman–Crippen LogP) is 7.38. The molecule has 256 valence electrons. The van der Waals surface area contributed by atoms with Gasteiger partial charge in [0, 0.05) is 0 Å². The van der Waals surface area contributed by atoms with Crippen molar-refractivity contribution < 1.29 is 28.3 Å². The number of carbonyl (C=O) groups is 2. The first kappa shape index (κ1) is 36.1. The molecule has 1 amide bonds. The lowest BCUT2D eigenvalue weighted by Crippen LogP contribution is -2.66. The van der Waals surface area contributed by atoms with E-state index in [9.17, 15) is 14.7 Å². The normalized spacial score (nSPS) is 19.2. The Bertz CT molecular complexity index is 1610. The molecule has 3 aromatic rings. The van der Waals surface area contributed by atoms with Crippen molar-refractivity contribution in [2.24, 2.45) is 5.92 Å². The molecule has 0 aromatic heterocycles. The highest BCUT2D eigenvalue weighted by Gasteiger charge is 2.59. The van der Waals surface area contributed by atoms with Gasteiger partial charge in [-0.3, -0.25) is 9.69 Å². The third kappa shape index (κ3) is 6.82. The summed E-state index contributed by atoms with van der Waals surface area (Å²) in [5.74, 6) is -1.10. The van der Waals surface area contributed by atoms with E-state index in [4.69, 9.17) is 13.6 Å². The number of nitrogens with zero attached hydrogens (tertiary/aromatic N) is 1. The number of β-lactam (4-membered cyclic amide) rings is 1. The molecular weight excluding hydrogens is 655 g/mol. The molecule has 1 N–H and O–H groups in total. The van der Waals surface area contributed by atoms with E-state index in [-0.39, 0.29) is 39.8 Å². The van der Waals surface area contributed by atoms with Crippen molar-refractivity contribution in [1.82, 2.24) is 4.90 Å². The van der Waals surface area contributed by atoms with Crippen LogP contribution in [0, 0.1) is 5.92 Å². The van der Waals surface area contributed by atoms with Gasteiger partial charge in [0.15, 0.2) is 8.32 Å². The Balaban J connectivity index is 1.27. The number of carbonyl (C=O) groups excluding carboxylic acids is 1. The number of thioether (sulfide) groups is 1. The lowest BCUT2D eigenvalue weighted by molar-refractivity contribution is -0.156. The number of carboxylic acid groups (broad SMARTS) is 1. The van der Waals surface area contributed by atoms with Gasteiger partial charge in [-0.2, -0.15) is 0 Å². The number of benzene rings is 3. The summed E-state index contributed by atoms with van der Waals surface area (Å²) in [5.41, 5.74) is 1.03. The monoisotopic (exact) mass is 703 g/mol. The molecule has 7 nitrogen and oxygen atoms in total. The van der Waals surface area contributed by atoms with E-state index >= 15 is 0 Å². The molecule has 0 bridgehead atoms. The summed E-state index contributed by atoms with van der Waals surface area (Å²) in [6.45, 7) is 20.1. The minimum Gasteiger partial charge on any atom is -0.488 e. The van der Waals surface area contributed by atoms with Crippen molar-refractivity contribution in [2.75, 3.05) is 6.61 Å². The number of ether oxygens (including phenoxy) is 1. The van der Waals surface area contributed by atoms with Gasteiger partial charge in [-0.05, 0) is 58.2 Å². The van der Waals surface area contributed by atoms with E-state index in [2.05, 4.69) is 103 Å². The van der Waals surface area contributed by atoms with Gasteiger partial charge in [0.25, 0.3) is 8.32 Å². The molecule has 3 aromatic carbocycles. The van der Waals surface area contributed by atoms with Crippen LogP contribution in [0.3, 0.4) is 0 Å². The van der Waals surface area contributed by atoms with Crippen LogP contribution in [0.5, 0.6) is 5.75 Å². The highest BCUT2D eigenvalue weighted by atomic mass is 32.2. The molecule has 2 aliphatic heterocycles. The molecule has 2 aliphatic rings. The molecule has 0 unspecified atom stereocenters. The van der Waals surface area contributed by atoms with Gasteiger partial charge in [0.1, 0.15) is 23.4 Å². The number of aliphatic carboxylic acids is 1. The van der Waals surface area contributed by atoms with Crippen molar-refractivity contribution in [3.8, 4) is 5.75 Å². The van der Waals surface area contributed by atoms with Crippen LogP contribution in [0.4, 0.5) is 0 Å². The topological polar surface area (TPSA) is 85.3 Å². The first-order valence-electron chi connectivity index (χ1n) is 16.6. The summed E-state index contributed by atoms with van der Waals surface area (Å²) in [6.07, 6.45) is -0.305. The Kier molecular flexibility index (Phi) is 10.3. The third-order valence-electron chi connectivity index (χ3n) is 10.0. The van der Waals surface area contributed by atoms with Gasteiger partial charge in [0.05, 0.1) is 23.5 Å². The fourth-order valence-corrected chi connectivity index (χ4v) is 13.9. The molecule has 5 rings (SSSR count). The van der Waals surface area contributed by atoms with Gasteiger partial charge in [-0.25, -0.2) is 4.79 Å². The summed E-state index contributed by atoms with van der Waals surface area (Å²) >= 11 is 1.40. The molecule has 1 fully saturated rings. The Morgan fingerprint density at radius 3 is 1.88 bits per heavy atom. The number of rotatable bonds is 12. The highest BCUT2D eigenvalue weighted by molar-refractivity contribution is 8.04. The third-order valence-corrected chi connectivity index (χ3v) is 20.9. The van der Waals surface area contributed by atoms with Crippen LogP contribution < -0.4 is 15.1 Å². The molecule has 2 heterocycles. The average molecular weight is 704 g/mol. The lowest BCUT2D eigenvalue weighted by atomic mass is 9.92. The molecule has 10 heteroatoms. The van der Waals surface area contributed by atoms with Crippen molar-refractivity contribution in [1.29, 1.82) is 0 Å². The van der Waals surface area contributed by atoms with E-state index in [1.165, 1.54) is 27.0 Å². The fourth-order valence-electron chi connectivity index (χ4n) is 6.44. The van der Waals surface area contributed by atoms with Crippen molar-refractivity contribution in [2.45, 2.75) is 89.7 Å². The zero-order valence-electron chi connectivity index (χ0n) is 29.6. The number of hydrogen-bond donors (Lipinski definition) is 1. The SMILES string of the molecule is C[C@@H](O[Si](C)(C)C(C)(C)C)[C@H]1C(=O)N2C(C(=O)O)=C(COc3ccc(CO[Si](c4ccccc4)(c4ccccc4)C(C)(C)C)cc3)S[C@H]12. The minimum atomic E-state index is -2.68. The number of fused-ring (bicyclic) bond motifs is 1. The Labute approximate surface area is 291 Å². The summed E-state index contributed by atoms with van der Waals surface area (Å²) in [5, 5.41) is 12.1. The molecule has 0 aliphatic carbocycles. The van der Waals surface area contributed by atoms with Gasteiger partial charge in [-0.1, -0.05) is 126 Å². The van der Waals surface area contributed by atoms with E-state index in [1.807, 2.05) is 43.3 Å². The van der Waals surface area contributed by atoms with Crippen molar-refractivity contribution >= 4 is 50.6 Å². The summed E-state index contributed by atoms with van der Waals surface area (Å²) in [4.78, 5) is 27.5. The zero-order chi connectivity index (χ0) is 35.1. The lowest BCUT2D eigenvalue weighted by Gasteiger charge is -2.48. The molecule has 3 atom stereocenters. The highest BCUT2D eigenvalue weighted by Crippen LogP contribution is 2.51. The van der Waals surface area contributed by atoms with E-state index in [0.717, 1.165) is 5.56 Å². The maximum atomic E-state index is 13.3. The number of amides is 1. The second-order valence-electron chi connectivity index (χ2n) is 15.3. The molecular formula is C38H49NO6SSi2. The van der Waals surface area contributed by atoms with Gasteiger partial charge in [-0.15, -0.1) is 0 Å². The van der Waals surface area contributed by atoms with Crippen LogP contribution in [0.15, 0.2) is 95.5 Å². The van der Waals surface area contributed by atoms with Crippen LogP contribution >= 0.6 is 11.8 Å². The van der Waals surface area contributed by atoms with E-state index in [0.29, 0.717) is 17.3 Å². The number of carboxylic acids is 1. The van der Waals surface area contributed by atoms with Crippen LogP contribution in [-0.2, 0) is 25.0 Å². The molecule has 0 radical (unpaired) electrons. The summed E-state index contributed by atoms with van der Waals surface area (Å²) in [7, 11) is -4.79. The average Bonchev–Trinajstić information content (AvgIpc) is 3.35. The second-order valence-corrected chi connectivity index (χ2v) is 25.6. The molecule has 0 saturated carbocycles. The van der Waals surface area contributed by atoms with Gasteiger partial charge >= 0.3 is 5.97 Å². The van der Waals surface area contributed by atoms with Gasteiger partial charge < -0.3 is 18.7 Å². The predicted molar refractivity (Wildman–Crippen MR) is 198 cm³/mol. The van der Waals surface area contributed by atoms with Crippen molar-refractivity contribution in [3.63, 3.8) is 0 Å². The van der Waals surface area contributed by atoms with Crippen LogP contribution in [0.2, 0.25) is 23.2 Å². The van der Waals surface area contributed by atoms with Crippen LogP contribution in [0.1, 0.15) is 54.0 Å². The maximum absolute atomic E-state index is 13.3. The smallest absolute Gasteiger partial charge is 0.353 e. The second kappa shape index (κ2) is 13.6. The Morgan fingerprint density at radius 2 is 1.40 bits per heavy atom.